The summed E-state index contributed by atoms with van der Waals surface area (Å²) in [5, 5.41) is 0. The van der Waals surface area contributed by atoms with Gasteiger partial charge in [-0.25, -0.2) is 0 Å². The summed E-state index contributed by atoms with van der Waals surface area (Å²) < 4.78 is 0. The van der Waals surface area contributed by atoms with E-state index in [0.717, 1.165) is 17.8 Å². The summed E-state index contributed by atoms with van der Waals surface area (Å²) in [6.07, 6.45) is 15.5. The molecule has 44 heavy (non-hydrogen) atoms. The summed E-state index contributed by atoms with van der Waals surface area (Å²) >= 11 is 0. The highest BCUT2D eigenvalue weighted by Crippen LogP contribution is 2.61. The molecule has 0 amide bonds. The molecule has 6 aliphatic rings. The number of nitrogens with zero attached hydrogens (tertiary/aromatic N) is 1. The SMILES string of the molecule is CC1(C)c2ccccc2-c2ccc(N(c3ccc(C45CC6CC(CC(C6)C4)C5)cc3)c3ccccc3C3CCCCC3)cc21. The molecule has 5 saturated carbocycles. The summed E-state index contributed by atoms with van der Waals surface area (Å²) in [5.74, 6) is 3.56. The normalized spacial score (nSPS) is 28.1. The zero-order valence-electron chi connectivity index (χ0n) is 26.7. The zero-order chi connectivity index (χ0) is 29.5. The summed E-state index contributed by atoms with van der Waals surface area (Å²) in [6.45, 7) is 4.81. The lowest BCUT2D eigenvalue weighted by molar-refractivity contribution is -0.00518. The zero-order valence-corrected chi connectivity index (χ0v) is 26.7. The first kappa shape index (κ1) is 27.0. The van der Waals surface area contributed by atoms with Gasteiger partial charge < -0.3 is 4.90 Å². The molecule has 0 heterocycles. The fraction of sp³-hybridized carbons (Fsp3) is 0.442. The van der Waals surface area contributed by atoms with Crippen molar-refractivity contribution >= 4 is 17.1 Å². The van der Waals surface area contributed by atoms with Gasteiger partial charge in [0.25, 0.3) is 0 Å². The van der Waals surface area contributed by atoms with Crippen molar-refractivity contribution in [2.75, 3.05) is 4.90 Å². The van der Waals surface area contributed by atoms with Crippen LogP contribution in [0.5, 0.6) is 0 Å². The highest BCUT2D eigenvalue weighted by molar-refractivity contribution is 5.86. The van der Waals surface area contributed by atoms with Crippen molar-refractivity contribution in [3.63, 3.8) is 0 Å². The van der Waals surface area contributed by atoms with Crippen molar-refractivity contribution in [2.45, 2.75) is 101 Å². The molecule has 0 N–H and O–H groups in total. The molecule has 0 unspecified atom stereocenters. The maximum Gasteiger partial charge on any atom is 0.0496 e. The Labute approximate surface area is 264 Å². The Hall–Kier alpha value is -3.32. The average molecular weight is 578 g/mol. The van der Waals surface area contributed by atoms with Gasteiger partial charge in [0, 0.05) is 22.5 Å². The lowest BCUT2D eigenvalue weighted by atomic mass is 9.48. The minimum absolute atomic E-state index is 0.0150. The van der Waals surface area contributed by atoms with E-state index in [0.29, 0.717) is 11.3 Å². The Balaban J connectivity index is 1.16. The smallest absolute Gasteiger partial charge is 0.0496 e. The van der Waals surface area contributed by atoms with Gasteiger partial charge in [-0.15, -0.1) is 0 Å². The van der Waals surface area contributed by atoms with Crippen LogP contribution in [0.25, 0.3) is 11.1 Å². The van der Waals surface area contributed by atoms with Gasteiger partial charge in [0.15, 0.2) is 0 Å². The van der Waals surface area contributed by atoms with Crippen LogP contribution < -0.4 is 4.90 Å². The van der Waals surface area contributed by atoms with Gasteiger partial charge in [-0.05, 0) is 144 Å². The summed E-state index contributed by atoms with van der Waals surface area (Å²) in [6, 6.07) is 35.7. The van der Waals surface area contributed by atoms with Gasteiger partial charge in [0.1, 0.15) is 0 Å². The molecule has 4 aromatic rings. The molecule has 4 bridgehead atoms. The van der Waals surface area contributed by atoms with E-state index < -0.39 is 0 Å². The maximum absolute atomic E-state index is 2.60. The molecule has 0 aliphatic heterocycles. The van der Waals surface area contributed by atoms with Gasteiger partial charge in [-0.2, -0.15) is 0 Å². The molecule has 6 aliphatic carbocycles. The van der Waals surface area contributed by atoms with E-state index in [1.165, 1.54) is 116 Å². The van der Waals surface area contributed by atoms with Crippen LogP contribution in [0, 0.1) is 17.8 Å². The van der Waals surface area contributed by atoms with E-state index in [2.05, 4.69) is 110 Å². The van der Waals surface area contributed by atoms with E-state index in [1.54, 1.807) is 5.56 Å². The summed E-state index contributed by atoms with van der Waals surface area (Å²) in [5.41, 5.74) is 13.2. The average Bonchev–Trinajstić information content (AvgIpc) is 3.27. The molecule has 4 aromatic carbocycles. The topological polar surface area (TPSA) is 3.24 Å². The highest BCUT2D eigenvalue weighted by atomic mass is 15.1. The third-order valence-electron chi connectivity index (χ3n) is 12.8. The number of benzene rings is 4. The van der Waals surface area contributed by atoms with Crippen LogP contribution in [-0.2, 0) is 10.8 Å². The van der Waals surface area contributed by atoms with Crippen LogP contribution in [0.3, 0.4) is 0 Å². The Morgan fingerprint density at radius 1 is 0.591 bits per heavy atom. The lowest BCUT2D eigenvalue weighted by Crippen LogP contribution is -2.48. The number of hydrogen-bond donors (Lipinski definition) is 0. The molecule has 1 nitrogen and oxygen atoms in total. The number of hydrogen-bond acceptors (Lipinski definition) is 1. The molecule has 0 spiro atoms. The molecule has 0 aromatic heterocycles. The fourth-order valence-electron chi connectivity index (χ4n) is 11.1. The predicted molar refractivity (Wildman–Crippen MR) is 184 cm³/mol. The van der Waals surface area contributed by atoms with Gasteiger partial charge in [-0.1, -0.05) is 93.8 Å². The van der Waals surface area contributed by atoms with Crippen molar-refractivity contribution in [3.05, 3.63) is 113 Å². The largest absolute Gasteiger partial charge is 0.310 e. The van der Waals surface area contributed by atoms with Crippen LogP contribution in [0.4, 0.5) is 17.1 Å². The monoisotopic (exact) mass is 577 g/mol. The standard InChI is InChI=1S/C43H47N/c1-42(2)39-14-8-6-13-37(39)38-21-20-35(25-40(38)42)44(41-15-9-7-12-36(41)32-10-4-3-5-11-32)34-18-16-33(17-19-34)43-26-29-22-30(27-43)24-31(23-29)28-43/h6-9,12-21,25,29-32H,3-5,10-11,22-24,26-28H2,1-2H3. The second kappa shape index (κ2) is 10.1. The second-order valence-electron chi connectivity index (χ2n) is 15.9. The molecule has 0 saturated heterocycles. The van der Waals surface area contributed by atoms with Crippen LogP contribution in [0.2, 0.25) is 0 Å². The Bertz CT molecular complexity index is 1670. The van der Waals surface area contributed by atoms with Crippen molar-refractivity contribution in [1.82, 2.24) is 0 Å². The van der Waals surface area contributed by atoms with Crippen molar-refractivity contribution in [2.24, 2.45) is 17.8 Å². The Kier molecular flexibility index (Phi) is 6.20. The fourth-order valence-corrected chi connectivity index (χ4v) is 11.1. The van der Waals surface area contributed by atoms with Gasteiger partial charge >= 0.3 is 0 Å². The predicted octanol–water partition coefficient (Wildman–Crippen LogP) is 12.0. The molecule has 224 valence electrons. The first-order valence-electron chi connectivity index (χ1n) is 17.7. The van der Waals surface area contributed by atoms with Crippen LogP contribution in [0.15, 0.2) is 91.0 Å². The lowest BCUT2D eigenvalue weighted by Gasteiger charge is -2.57. The molecular formula is C43H47N. The third kappa shape index (κ3) is 4.18. The van der Waals surface area contributed by atoms with E-state index in [9.17, 15) is 0 Å². The Morgan fingerprint density at radius 3 is 1.93 bits per heavy atom. The number of para-hydroxylation sites is 1. The van der Waals surface area contributed by atoms with Gasteiger partial charge in [0.05, 0.1) is 0 Å². The van der Waals surface area contributed by atoms with E-state index in [1.807, 2.05) is 0 Å². The first-order valence-corrected chi connectivity index (χ1v) is 17.7. The van der Waals surface area contributed by atoms with Crippen LogP contribution in [-0.4, -0.2) is 0 Å². The van der Waals surface area contributed by atoms with Crippen LogP contribution in [0.1, 0.15) is 113 Å². The number of rotatable bonds is 5. The molecule has 10 rings (SSSR count). The maximum atomic E-state index is 2.60. The summed E-state index contributed by atoms with van der Waals surface area (Å²) in [4.78, 5) is 2.60. The minimum atomic E-state index is -0.0150. The van der Waals surface area contributed by atoms with Crippen LogP contribution >= 0.6 is 0 Å². The number of fused-ring (bicyclic) bond motifs is 3. The molecule has 1 heteroatoms. The molecule has 5 fully saturated rings. The Morgan fingerprint density at radius 2 is 1.20 bits per heavy atom. The van der Waals surface area contributed by atoms with E-state index >= 15 is 0 Å². The van der Waals surface area contributed by atoms with Gasteiger partial charge in [0.2, 0.25) is 0 Å². The van der Waals surface area contributed by atoms with Crippen molar-refractivity contribution in [3.8, 4) is 11.1 Å². The first-order chi connectivity index (χ1) is 21.5. The van der Waals surface area contributed by atoms with E-state index in [-0.39, 0.29) is 5.41 Å². The highest BCUT2D eigenvalue weighted by Gasteiger charge is 2.51. The van der Waals surface area contributed by atoms with Crippen molar-refractivity contribution < 1.29 is 0 Å². The molecular weight excluding hydrogens is 530 g/mol. The number of anilines is 3. The summed E-state index contributed by atoms with van der Waals surface area (Å²) in [7, 11) is 0. The molecule has 0 atom stereocenters. The van der Waals surface area contributed by atoms with Gasteiger partial charge in [-0.3, -0.25) is 0 Å². The molecule has 0 radical (unpaired) electrons. The quantitative estimate of drug-likeness (QED) is 0.228. The minimum Gasteiger partial charge on any atom is -0.310 e. The third-order valence-corrected chi connectivity index (χ3v) is 12.8. The van der Waals surface area contributed by atoms with Crippen molar-refractivity contribution in [1.29, 1.82) is 0 Å². The van der Waals surface area contributed by atoms with E-state index in [4.69, 9.17) is 0 Å². The second-order valence-corrected chi connectivity index (χ2v) is 15.9.